The van der Waals surface area contributed by atoms with Gasteiger partial charge in [0.05, 0.1) is 10.3 Å². The highest BCUT2D eigenvalue weighted by molar-refractivity contribution is 9.12. The lowest BCUT2D eigenvalue weighted by atomic mass is 10.1. The van der Waals surface area contributed by atoms with Crippen molar-refractivity contribution in [2.75, 3.05) is 6.54 Å². The number of thioether (sulfide) groups is 1. The van der Waals surface area contributed by atoms with Crippen LogP contribution < -0.4 is 10.6 Å². The minimum absolute atomic E-state index is 0.0703. The van der Waals surface area contributed by atoms with Crippen LogP contribution >= 0.6 is 27.7 Å². The van der Waals surface area contributed by atoms with Crippen LogP contribution in [0.3, 0.4) is 0 Å². The van der Waals surface area contributed by atoms with Crippen molar-refractivity contribution in [1.29, 1.82) is 0 Å². The minimum Gasteiger partial charge on any atom is -0.351 e. The predicted molar refractivity (Wildman–Crippen MR) is 84.3 cm³/mol. The Kier molecular flexibility index (Phi) is 5.25. The van der Waals surface area contributed by atoms with Crippen molar-refractivity contribution in [2.45, 2.75) is 18.6 Å². The fraction of sp³-hybridized carbons (Fsp3) is 0.286. The third-order valence-electron chi connectivity index (χ3n) is 2.84. The van der Waals surface area contributed by atoms with Crippen molar-refractivity contribution in [3.8, 4) is 0 Å². The zero-order valence-corrected chi connectivity index (χ0v) is 13.4. The maximum atomic E-state index is 12.0. The van der Waals surface area contributed by atoms with E-state index in [1.54, 1.807) is 6.92 Å². The molecule has 1 aliphatic rings. The Hall–Kier alpha value is -1.27. The minimum atomic E-state index is -0.210. The van der Waals surface area contributed by atoms with Crippen molar-refractivity contribution in [2.24, 2.45) is 0 Å². The average molecular weight is 355 g/mol. The Morgan fingerprint density at radius 2 is 2.10 bits per heavy atom. The van der Waals surface area contributed by atoms with E-state index in [-0.39, 0.29) is 17.1 Å². The summed E-state index contributed by atoms with van der Waals surface area (Å²) in [4.78, 5) is 23.3. The van der Waals surface area contributed by atoms with Crippen LogP contribution in [0.2, 0.25) is 0 Å². The molecule has 106 valence electrons. The van der Waals surface area contributed by atoms with Gasteiger partial charge in [0.25, 0.3) is 5.91 Å². The van der Waals surface area contributed by atoms with Crippen LogP contribution in [0, 0.1) is 0 Å². The quantitative estimate of drug-likeness (QED) is 0.814. The number of carbonyl (C=O) groups is 2. The van der Waals surface area contributed by atoms with Gasteiger partial charge in [-0.1, -0.05) is 42.1 Å². The molecule has 1 aromatic rings. The van der Waals surface area contributed by atoms with Crippen molar-refractivity contribution < 1.29 is 9.59 Å². The molecule has 2 rings (SSSR count). The Labute approximate surface area is 130 Å². The highest BCUT2D eigenvalue weighted by Crippen LogP contribution is 2.31. The predicted octanol–water partition coefficient (Wildman–Crippen LogP) is 2.16. The van der Waals surface area contributed by atoms with Crippen LogP contribution in [0.25, 0.3) is 0 Å². The van der Waals surface area contributed by atoms with Crippen molar-refractivity contribution in [1.82, 2.24) is 10.6 Å². The molecule has 0 aliphatic carbocycles. The molecule has 1 aromatic carbocycles. The molecule has 2 N–H and O–H groups in total. The van der Waals surface area contributed by atoms with E-state index >= 15 is 0 Å². The number of amides is 2. The molecule has 2 amide bonds. The number of hydrogen-bond donors (Lipinski definition) is 2. The molecular weight excluding hydrogens is 340 g/mol. The Bertz CT molecular complexity index is 545. The zero-order valence-electron chi connectivity index (χ0n) is 11.0. The molecule has 0 saturated carbocycles. The van der Waals surface area contributed by atoms with Crippen LogP contribution in [0.5, 0.6) is 0 Å². The van der Waals surface area contributed by atoms with Crippen LogP contribution in [-0.4, -0.2) is 23.6 Å². The molecule has 0 aromatic heterocycles. The largest absolute Gasteiger partial charge is 0.351 e. The van der Waals surface area contributed by atoms with E-state index in [0.717, 1.165) is 6.42 Å². The van der Waals surface area contributed by atoms with E-state index in [2.05, 4.69) is 26.6 Å². The van der Waals surface area contributed by atoms with Crippen LogP contribution in [0.4, 0.5) is 0 Å². The van der Waals surface area contributed by atoms with Crippen LogP contribution in [-0.2, 0) is 16.0 Å². The summed E-state index contributed by atoms with van der Waals surface area (Å²) in [6.07, 6.45) is 0.776. The maximum Gasteiger partial charge on any atom is 0.261 e. The summed E-state index contributed by atoms with van der Waals surface area (Å²) in [6.45, 7) is 2.36. The molecule has 4 nitrogen and oxygen atoms in total. The smallest absolute Gasteiger partial charge is 0.261 e. The van der Waals surface area contributed by atoms with E-state index in [4.69, 9.17) is 0 Å². The van der Waals surface area contributed by atoms with Gasteiger partial charge in [0.2, 0.25) is 5.91 Å². The van der Waals surface area contributed by atoms with Crippen LogP contribution in [0.1, 0.15) is 12.5 Å². The summed E-state index contributed by atoms with van der Waals surface area (Å²) >= 11 is 4.59. The Morgan fingerprint density at radius 1 is 1.40 bits per heavy atom. The summed E-state index contributed by atoms with van der Waals surface area (Å²) in [6, 6.07) is 9.95. The SMILES string of the molecule is CC1S/C(=C(/Br)C(=O)NCCc2ccccc2)NC1=O. The van der Waals surface area contributed by atoms with Gasteiger partial charge in [0.1, 0.15) is 4.48 Å². The molecule has 0 bridgehead atoms. The first kappa shape index (κ1) is 15.1. The van der Waals surface area contributed by atoms with E-state index in [9.17, 15) is 9.59 Å². The topological polar surface area (TPSA) is 58.2 Å². The number of rotatable bonds is 4. The van der Waals surface area contributed by atoms with Gasteiger partial charge in [0.15, 0.2) is 0 Å². The Morgan fingerprint density at radius 3 is 2.70 bits per heavy atom. The van der Waals surface area contributed by atoms with E-state index in [1.807, 2.05) is 30.3 Å². The average Bonchev–Trinajstić information content (AvgIpc) is 2.79. The summed E-state index contributed by atoms with van der Waals surface area (Å²) < 4.78 is 0.383. The number of benzene rings is 1. The van der Waals surface area contributed by atoms with Crippen molar-refractivity contribution in [3.63, 3.8) is 0 Å². The highest BCUT2D eigenvalue weighted by atomic mass is 79.9. The maximum absolute atomic E-state index is 12.0. The second-order valence-corrected chi connectivity index (χ2v) is 6.53. The van der Waals surface area contributed by atoms with Crippen LogP contribution in [0.15, 0.2) is 39.8 Å². The Balaban J connectivity index is 1.86. The molecule has 6 heteroatoms. The molecule has 20 heavy (non-hydrogen) atoms. The molecule has 1 aliphatic heterocycles. The summed E-state index contributed by atoms with van der Waals surface area (Å²) in [7, 11) is 0. The third-order valence-corrected chi connectivity index (χ3v) is 4.97. The first-order valence-electron chi connectivity index (χ1n) is 6.27. The second-order valence-electron chi connectivity index (χ2n) is 4.38. The first-order valence-corrected chi connectivity index (χ1v) is 7.94. The summed E-state index contributed by atoms with van der Waals surface area (Å²) in [5.74, 6) is -0.281. The van der Waals surface area contributed by atoms with Gasteiger partial charge >= 0.3 is 0 Å². The molecule has 1 saturated heterocycles. The molecule has 1 fully saturated rings. The van der Waals surface area contributed by atoms with Gasteiger partial charge in [-0.15, -0.1) is 0 Å². The molecule has 1 heterocycles. The molecule has 0 radical (unpaired) electrons. The number of halogens is 1. The van der Waals surface area contributed by atoms with Gasteiger partial charge in [-0.3, -0.25) is 9.59 Å². The van der Waals surface area contributed by atoms with Gasteiger partial charge < -0.3 is 10.6 Å². The summed E-state index contributed by atoms with van der Waals surface area (Å²) in [5, 5.41) is 5.94. The summed E-state index contributed by atoms with van der Waals surface area (Å²) in [5.41, 5.74) is 1.17. The van der Waals surface area contributed by atoms with Gasteiger partial charge in [-0.2, -0.15) is 0 Å². The zero-order chi connectivity index (χ0) is 14.5. The molecule has 0 spiro atoms. The number of hydrogen-bond acceptors (Lipinski definition) is 3. The lowest BCUT2D eigenvalue weighted by Crippen LogP contribution is -2.27. The molecule has 1 unspecified atom stereocenters. The standard InChI is InChI=1S/C14H15BrN2O2S/c1-9-12(18)17-14(20-9)11(15)13(19)16-8-7-10-5-3-2-4-6-10/h2-6,9H,7-8H2,1H3,(H,16,19)(H,17,18)/b14-11+. The lowest BCUT2D eigenvalue weighted by Gasteiger charge is -2.06. The third kappa shape index (κ3) is 3.86. The normalized spacial score (nSPS) is 20.5. The monoisotopic (exact) mass is 354 g/mol. The molecular formula is C14H15BrN2O2S. The highest BCUT2D eigenvalue weighted by Gasteiger charge is 2.28. The van der Waals surface area contributed by atoms with E-state index in [0.29, 0.717) is 16.1 Å². The second kappa shape index (κ2) is 6.95. The lowest BCUT2D eigenvalue weighted by molar-refractivity contribution is -0.119. The fourth-order valence-electron chi connectivity index (χ4n) is 1.73. The molecule has 1 atom stereocenters. The van der Waals surface area contributed by atoms with Crippen molar-refractivity contribution in [3.05, 3.63) is 45.4 Å². The van der Waals surface area contributed by atoms with Gasteiger partial charge in [-0.05, 0) is 34.8 Å². The van der Waals surface area contributed by atoms with Gasteiger partial charge in [-0.25, -0.2) is 0 Å². The van der Waals surface area contributed by atoms with E-state index in [1.165, 1.54) is 17.3 Å². The van der Waals surface area contributed by atoms with Gasteiger partial charge in [0, 0.05) is 6.54 Å². The first-order chi connectivity index (χ1) is 9.58. The number of nitrogens with one attached hydrogen (secondary N) is 2. The van der Waals surface area contributed by atoms with Crippen molar-refractivity contribution >= 4 is 39.5 Å². The fourth-order valence-corrected chi connectivity index (χ4v) is 3.12. The van der Waals surface area contributed by atoms with E-state index < -0.39 is 0 Å². The number of carbonyl (C=O) groups excluding carboxylic acids is 2.